The summed E-state index contributed by atoms with van der Waals surface area (Å²) >= 11 is 5.83. The number of likely N-dealkylation sites (N-methyl/N-ethyl adjacent to an activating group) is 1. The lowest BCUT2D eigenvalue weighted by Gasteiger charge is -2.31. The maximum atomic E-state index is 12.2. The number of piperidine rings is 1. The molecule has 1 aromatic carbocycles. The fourth-order valence-electron chi connectivity index (χ4n) is 2.30. The number of carbonyl (C=O) groups is 1. The van der Waals surface area contributed by atoms with Gasteiger partial charge in [0.05, 0.1) is 6.42 Å². The molecule has 1 fully saturated rings. The number of halogens is 2. The second-order valence-electron chi connectivity index (χ2n) is 4.79. The molecule has 2 rings (SSSR count). The topological polar surface area (TPSA) is 32.3 Å². The van der Waals surface area contributed by atoms with Crippen molar-refractivity contribution < 1.29 is 4.79 Å². The lowest BCUT2D eigenvalue weighted by Crippen LogP contribution is -2.44. The summed E-state index contributed by atoms with van der Waals surface area (Å²) in [6.07, 6.45) is 2.54. The van der Waals surface area contributed by atoms with Crippen molar-refractivity contribution in [3.63, 3.8) is 0 Å². The maximum absolute atomic E-state index is 12.2. The highest BCUT2D eigenvalue weighted by atomic mass is 35.5. The Bertz CT molecular complexity index is 402. The molecule has 0 atom stereocenters. The van der Waals surface area contributed by atoms with Gasteiger partial charge in [0, 0.05) is 18.1 Å². The van der Waals surface area contributed by atoms with Crippen molar-refractivity contribution in [3.8, 4) is 0 Å². The van der Waals surface area contributed by atoms with Gasteiger partial charge in [-0.1, -0.05) is 23.7 Å². The Balaban J connectivity index is 0.00000180. The number of rotatable bonds is 3. The zero-order valence-corrected chi connectivity index (χ0v) is 12.6. The lowest BCUT2D eigenvalue weighted by molar-refractivity contribution is -0.131. The van der Waals surface area contributed by atoms with Crippen LogP contribution in [0.2, 0.25) is 5.02 Å². The highest BCUT2D eigenvalue weighted by Crippen LogP contribution is 2.14. The van der Waals surface area contributed by atoms with Crippen LogP contribution in [0.15, 0.2) is 24.3 Å². The van der Waals surface area contributed by atoms with Gasteiger partial charge >= 0.3 is 0 Å². The zero-order valence-electron chi connectivity index (χ0n) is 11.1. The van der Waals surface area contributed by atoms with E-state index in [9.17, 15) is 4.79 Å². The Morgan fingerprint density at radius 3 is 2.47 bits per heavy atom. The Morgan fingerprint density at radius 2 is 1.89 bits per heavy atom. The molecular formula is C14H20Cl2N2O. The Kier molecular flexibility index (Phi) is 6.63. The van der Waals surface area contributed by atoms with Crippen LogP contribution in [-0.4, -0.2) is 37.0 Å². The van der Waals surface area contributed by atoms with Gasteiger partial charge in [-0.05, 0) is 43.6 Å². The van der Waals surface area contributed by atoms with Gasteiger partial charge in [-0.25, -0.2) is 0 Å². The number of benzene rings is 1. The van der Waals surface area contributed by atoms with Gasteiger partial charge in [0.25, 0.3) is 0 Å². The third kappa shape index (κ3) is 4.68. The fraction of sp³-hybridized carbons (Fsp3) is 0.500. The molecule has 0 spiro atoms. The highest BCUT2D eigenvalue weighted by molar-refractivity contribution is 6.30. The van der Waals surface area contributed by atoms with E-state index < -0.39 is 0 Å². The molecule has 19 heavy (non-hydrogen) atoms. The number of hydrogen-bond acceptors (Lipinski definition) is 2. The molecule has 1 heterocycles. The van der Waals surface area contributed by atoms with Gasteiger partial charge in [0.15, 0.2) is 0 Å². The lowest BCUT2D eigenvalue weighted by atomic mass is 10.0. The summed E-state index contributed by atoms with van der Waals surface area (Å²) in [5.74, 6) is 0.184. The SMILES string of the molecule is CN(C(=O)Cc1ccc(Cl)cc1)C1CCNCC1.Cl. The molecule has 0 bridgehead atoms. The number of carbonyl (C=O) groups excluding carboxylic acids is 1. The van der Waals surface area contributed by atoms with Gasteiger partial charge in [-0.2, -0.15) is 0 Å². The van der Waals surface area contributed by atoms with Crippen LogP contribution in [0, 0.1) is 0 Å². The van der Waals surface area contributed by atoms with Crippen LogP contribution in [-0.2, 0) is 11.2 Å². The van der Waals surface area contributed by atoms with Gasteiger partial charge in [0.2, 0.25) is 5.91 Å². The molecule has 5 heteroatoms. The first-order valence-corrected chi connectivity index (χ1v) is 6.75. The third-order valence-electron chi connectivity index (χ3n) is 3.52. The summed E-state index contributed by atoms with van der Waals surface area (Å²) < 4.78 is 0. The van der Waals surface area contributed by atoms with Crippen molar-refractivity contribution in [2.24, 2.45) is 0 Å². The second kappa shape index (κ2) is 7.73. The van der Waals surface area contributed by atoms with Crippen molar-refractivity contribution >= 4 is 29.9 Å². The average molecular weight is 303 g/mol. The van der Waals surface area contributed by atoms with Gasteiger partial charge in [-0.3, -0.25) is 4.79 Å². The van der Waals surface area contributed by atoms with Crippen LogP contribution in [0.5, 0.6) is 0 Å². The monoisotopic (exact) mass is 302 g/mol. The summed E-state index contributed by atoms with van der Waals surface area (Å²) in [5.41, 5.74) is 1.02. The number of nitrogens with zero attached hydrogens (tertiary/aromatic N) is 1. The quantitative estimate of drug-likeness (QED) is 0.930. The fourth-order valence-corrected chi connectivity index (χ4v) is 2.43. The van der Waals surface area contributed by atoms with Crippen LogP contribution in [0.1, 0.15) is 18.4 Å². The van der Waals surface area contributed by atoms with Crippen molar-refractivity contribution in [2.45, 2.75) is 25.3 Å². The van der Waals surface area contributed by atoms with Crippen molar-refractivity contribution in [1.82, 2.24) is 10.2 Å². The van der Waals surface area contributed by atoms with E-state index in [1.165, 1.54) is 0 Å². The number of hydrogen-bond donors (Lipinski definition) is 1. The predicted octanol–water partition coefficient (Wildman–Crippen LogP) is 2.51. The minimum Gasteiger partial charge on any atom is -0.342 e. The van der Waals surface area contributed by atoms with E-state index in [1.54, 1.807) is 0 Å². The maximum Gasteiger partial charge on any atom is 0.226 e. The summed E-state index contributed by atoms with van der Waals surface area (Å²) in [4.78, 5) is 14.1. The van der Waals surface area contributed by atoms with Crippen molar-refractivity contribution in [1.29, 1.82) is 0 Å². The molecule has 1 saturated heterocycles. The van der Waals surface area contributed by atoms with Crippen LogP contribution in [0.25, 0.3) is 0 Å². The Labute approximate surface area is 125 Å². The largest absolute Gasteiger partial charge is 0.342 e. The van der Waals surface area contributed by atoms with Crippen LogP contribution < -0.4 is 5.32 Å². The minimum absolute atomic E-state index is 0. The van der Waals surface area contributed by atoms with E-state index in [4.69, 9.17) is 11.6 Å². The van der Waals surface area contributed by atoms with Crippen LogP contribution >= 0.6 is 24.0 Å². The third-order valence-corrected chi connectivity index (χ3v) is 3.77. The molecule has 1 aliphatic rings. The van der Waals surface area contributed by atoms with E-state index in [1.807, 2.05) is 36.2 Å². The Hall–Kier alpha value is -0.770. The smallest absolute Gasteiger partial charge is 0.226 e. The molecule has 3 nitrogen and oxygen atoms in total. The van der Waals surface area contributed by atoms with E-state index in [0.29, 0.717) is 17.5 Å². The first kappa shape index (κ1) is 16.3. The van der Waals surface area contributed by atoms with Gasteiger partial charge < -0.3 is 10.2 Å². The summed E-state index contributed by atoms with van der Waals surface area (Å²) in [6.45, 7) is 2.01. The molecular weight excluding hydrogens is 283 g/mol. The molecule has 0 radical (unpaired) electrons. The average Bonchev–Trinajstić information content (AvgIpc) is 2.41. The van der Waals surface area contributed by atoms with E-state index in [2.05, 4.69) is 5.32 Å². The van der Waals surface area contributed by atoms with Crippen LogP contribution in [0.4, 0.5) is 0 Å². The zero-order chi connectivity index (χ0) is 13.0. The molecule has 0 unspecified atom stereocenters. The molecule has 1 aliphatic heterocycles. The molecule has 0 aliphatic carbocycles. The highest BCUT2D eigenvalue weighted by Gasteiger charge is 2.21. The number of nitrogens with one attached hydrogen (secondary N) is 1. The molecule has 0 saturated carbocycles. The van der Waals surface area contributed by atoms with E-state index in [-0.39, 0.29) is 18.3 Å². The molecule has 106 valence electrons. The summed E-state index contributed by atoms with van der Waals surface area (Å²) in [7, 11) is 1.91. The van der Waals surface area contributed by atoms with Crippen LogP contribution in [0.3, 0.4) is 0 Å². The molecule has 1 N–H and O–H groups in total. The molecule has 0 aromatic heterocycles. The van der Waals surface area contributed by atoms with Crippen molar-refractivity contribution in [2.75, 3.05) is 20.1 Å². The first-order chi connectivity index (χ1) is 8.66. The standard InChI is InChI=1S/C14H19ClN2O.ClH/c1-17(13-6-8-16-9-7-13)14(18)10-11-2-4-12(15)5-3-11;/h2-5,13,16H,6-10H2,1H3;1H. The van der Waals surface area contributed by atoms with Gasteiger partial charge in [0.1, 0.15) is 0 Å². The normalized spacial score (nSPS) is 15.7. The second-order valence-corrected chi connectivity index (χ2v) is 5.23. The summed E-state index contributed by atoms with van der Waals surface area (Å²) in [6, 6.07) is 7.86. The number of amides is 1. The predicted molar refractivity (Wildman–Crippen MR) is 81.1 cm³/mol. The van der Waals surface area contributed by atoms with E-state index in [0.717, 1.165) is 31.5 Å². The van der Waals surface area contributed by atoms with E-state index >= 15 is 0 Å². The van der Waals surface area contributed by atoms with Gasteiger partial charge in [-0.15, -0.1) is 12.4 Å². The molecule has 1 amide bonds. The molecule has 1 aromatic rings. The summed E-state index contributed by atoms with van der Waals surface area (Å²) in [5, 5.41) is 4.02. The minimum atomic E-state index is 0. The Morgan fingerprint density at radius 1 is 1.32 bits per heavy atom. The first-order valence-electron chi connectivity index (χ1n) is 6.37. The van der Waals surface area contributed by atoms with Crippen molar-refractivity contribution in [3.05, 3.63) is 34.9 Å².